The van der Waals surface area contributed by atoms with Crippen LogP contribution in [0.25, 0.3) is 0 Å². The molecule has 32 heavy (non-hydrogen) atoms. The maximum absolute atomic E-state index is 13.5. The largest absolute Gasteiger partial charge is 0.490 e. The van der Waals surface area contributed by atoms with Crippen molar-refractivity contribution < 1.29 is 40.2 Å². The van der Waals surface area contributed by atoms with Gasteiger partial charge in [-0.3, -0.25) is 15.6 Å². The number of nitrogens with one attached hydrogen (secondary N) is 3. The Kier molecular flexibility index (Phi) is 7.40. The fraction of sp³-hybridized carbons (Fsp3) is 0.316. The molecule has 0 aromatic heterocycles. The zero-order valence-electron chi connectivity index (χ0n) is 16.5. The zero-order chi connectivity index (χ0) is 23.3. The number of hydrogen-bond acceptors (Lipinski definition) is 6. The molecule has 3 rings (SSSR count). The Morgan fingerprint density at radius 3 is 2.31 bits per heavy atom. The van der Waals surface area contributed by atoms with Crippen molar-refractivity contribution in [1.82, 2.24) is 10.1 Å². The van der Waals surface area contributed by atoms with E-state index in [9.17, 15) is 30.8 Å². The van der Waals surface area contributed by atoms with E-state index in [1.807, 2.05) is 5.43 Å². The number of anilines is 1. The number of sulfonamides is 1. The molecule has 0 radical (unpaired) electrons. The number of carbonyl (C=O) groups is 1. The van der Waals surface area contributed by atoms with Gasteiger partial charge >= 0.3 is 0 Å². The minimum atomic E-state index is -3.90. The molecule has 0 aliphatic carbocycles. The van der Waals surface area contributed by atoms with Crippen LogP contribution in [0.5, 0.6) is 11.5 Å². The van der Waals surface area contributed by atoms with Gasteiger partial charge in [0.25, 0.3) is 0 Å². The Hall–Kier alpha value is -3.06. The molecular weight excluding hydrogens is 458 g/mol. The Bertz CT molecular complexity index is 1090. The molecule has 3 N–H and O–H groups in total. The van der Waals surface area contributed by atoms with Crippen LogP contribution in [-0.2, 0) is 14.8 Å². The Labute approximate surface area is 180 Å². The second-order valence-electron chi connectivity index (χ2n) is 6.68. The molecule has 0 atom stereocenters. The van der Waals surface area contributed by atoms with E-state index in [0.717, 1.165) is 0 Å². The summed E-state index contributed by atoms with van der Waals surface area (Å²) >= 11 is 0. The third-order valence-corrected chi connectivity index (χ3v) is 5.80. The summed E-state index contributed by atoms with van der Waals surface area (Å²) in [6.07, 6.45) is 0.441. The molecule has 1 amide bonds. The molecule has 0 bridgehead atoms. The predicted molar refractivity (Wildman–Crippen MR) is 105 cm³/mol. The van der Waals surface area contributed by atoms with Gasteiger partial charge < -0.3 is 9.47 Å². The number of carbonyl (C=O) groups excluding carboxylic acids is 1. The Morgan fingerprint density at radius 1 is 0.969 bits per heavy atom. The van der Waals surface area contributed by atoms with Crippen LogP contribution in [0.3, 0.4) is 0 Å². The summed E-state index contributed by atoms with van der Waals surface area (Å²) in [5.74, 6) is -6.71. The summed E-state index contributed by atoms with van der Waals surface area (Å²) < 4.78 is 91.4. The van der Waals surface area contributed by atoms with E-state index in [1.165, 1.54) is 18.2 Å². The number of rotatable bonds is 8. The number of ether oxygens (including phenoxy) is 2. The van der Waals surface area contributed by atoms with Crippen LogP contribution < -0.4 is 25.0 Å². The van der Waals surface area contributed by atoms with Gasteiger partial charge in [0, 0.05) is 31.5 Å². The summed E-state index contributed by atoms with van der Waals surface area (Å²) in [4.78, 5) is 11.7. The van der Waals surface area contributed by atoms with Gasteiger partial charge in [0.2, 0.25) is 15.9 Å². The number of halogens is 4. The van der Waals surface area contributed by atoms with Crippen molar-refractivity contribution in [3.8, 4) is 11.5 Å². The smallest absolute Gasteiger partial charge is 0.240 e. The van der Waals surface area contributed by atoms with Gasteiger partial charge in [-0.05, 0) is 18.6 Å². The first-order valence-corrected chi connectivity index (χ1v) is 10.9. The second-order valence-corrected chi connectivity index (χ2v) is 8.44. The number of hydrazine groups is 1. The lowest BCUT2D eigenvalue weighted by Crippen LogP contribution is -2.32. The van der Waals surface area contributed by atoms with E-state index < -0.39 is 44.9 Å². The van der Waals surface area contributed by atoms with Crippen LogP contribution >= 0.6 is 0 Å². The molecule has 0 saturated carbocycles. The van der Waals surface area contributed by atoms with Crippen LogP contribution in [0.1, 0.15) is 19.3 Å². The van der Waals surface area contributed by atoms with E-state index in [1.54, 1.807) is 5.43 Å². The molecule has 2 aromatic rings. The lowest BCUT2D eigenvalue weighted by molar-refractivity contribution is -0.120. The van der Waals surface area contributed by atoms with Crippen LogP contribution in [0.2, 0.25) is 0 Å². The van der Waals surface area contributed by atoms with Crippen molar-refractivity contribution in [2.45, 2.75) is 24.2 Å². The lowest BCUT2D eigenvalue weighted by atomic mass is 10.2. The van der Waals surface area contributed by atoms with Gasteiger partial charge in [-0.15, -0.1) is 0 Å². The van der Waals surface area contributed by atoms with E-state index in [4.69, 9.17) is 9.47 Å². The lowest BCUT2D eigenvalue weighted by Gasteiger charge is -2.12. The van der Waals surface area contributed by atoms with Gasteiger partial charge in [0.15, 0.2) is 34.8 Å². The normalized spacial score (nSPS) is 13.4. The fourth-order valence-electron chi connectivity index (χ4n) is 2.73. The summed E-state index contributed by atoms with van der Waals surface area (Å²) in [7, 11) is -3.90. The zero-order valence-corrected chi connectivity index (χ0v) is 17.3. The molecule has 2 aromatic carbocycles. The van der Waals surface area contributed by atoms with Crippen molar-refractivity contribution >= 4 is 21.6 Å². The average Bonchev–Trinajstić information content (AvgIpc) is 3.00. The first kappa shape index (κ1) is 23.6. The highest BCUT2D eigenvalue weighted by Gasteiger charge is 2.20. The van der Waals surface area contributed by atoms with E-state index in [0.29, 0.717) is 31.1 Å². The summed E-state index contributed by atoms with van der Waals surface area (Å²) in [6, 6.07) is 4.21. The van der Waals surface area contributed by atoms with E-state index in [-0.39, 0.29) is 30.3 Å². The first-order chi connectivity index (χ1) is 15.2. The number of hydrogen-bond donors (Lipinski definition) is 3. The first-order valence-electron chi connectivity index (χ1n) is 9.46. The average molecular weight is 477 g/mol. The molecule has 8 nitrogen and oxygen atoms in total. The van der Waals surface area contributed by atoms with Crippen LogP contribution in [0.15, 0.2) is 29.2 Å². The molecule has 1 heterocycles. The standard InChI is InChI=1S/C19H19F4N3O5S/c20-12-10-13(21)18(23)19(17(12)22)26-25-16(27)3-1-6-24-32(28,29)11-4-5-14-15(9-11)31-8-2-7-30-14/h4-5,9-10,24,26H,1-3,6-8H2,(H,25,27). The molecule has 1 aliphatic heterocycles. The Balaban J connectivity index is 1.49. The Morgan fingerprint density at radius 2 is 1.62 bits per heavy atom. The molecule has 174 valence electrons. The molecule has 0 fully saturated rings. The minimum absolute atomic E-state index is 0.0276. The van der Waals surface area contributed by atoms with Gasteiger partial charge in [-0.25, -0.2) is 30.7 Å². The van der Waals surface area contributed by atoms with Crippen molar-refractivity contribution in [2.24, 2.45) is 0 Å². The predicted octanol–water partition coefficient (Wildman–Crippen LogP) is 2.61. The van der Waals surface area contributed by atoms with Gasteiger partial charge in [0.05, 0.1) is 18.1 Å². The SMILES string of the molecule is O=C(CCCNS(=O)(=O)c1ccc2c(c1)OCCCO2)NNc1c(F)c(F)cc(F)c1F. The van der Waals surface area contributed by atoms with Crippen LogP contribution in [-0.4, -0.2) is 34.1 Å². The highest BCUT2D eigenvalue weighted by molar-refractivity contribution is 7.89. The molecular formula is C19H19F4N3O5S. The van der Waals surface area contributed by atoms with Gasteiger partial charge in [-0.2, -0.15) is 0 Å². The fourth-order valence-corrected chi connectivity index (χ4v) is 3.82. The molecule has 0 saturated heterocycles. The molecule has 0 unspecified atom stereocenters. The summed E-state index contributed by atoms with van der Waals surface area (Å²) in [6.45, 7) is 0.729. The molecule has 13 heteroatoms. The second kappa shape index (κ2) is 10.0. The van der Waals surface area contributed by atoms with Gasteiger partial charge in [0.1, 0.15) is 5.69 Å². The minimum Gasteiger partial charge on any atom is -0.490 e. The van der Waals surface area contributed by atoms with E-state index >= 15 is 0 Å². The van der Waals surface area contributed by atoms with Crippen molar-refractivity contribution in [3.63, 3.8) is 0 Å². The third kappa shape index (κ3) is 5.59. The van der Waals surface area contributed by atoms with Crippen LogP contribution in [0.4, 0.5) is 23.2 Å². The quantitative estimate of drug-likeness (QED) is 0.234. The molecule has 0 spiro atoms. The number of amides is 1. The maximum Gasteiger partial charge on any atom is 0.240 e. The van der Waals surface area contributed by atoms with Gasteiger partial charge in [-0.1, -0.05) is 0 Å². The monoisotopic (exact) mass is 477 g/mol. The highest BCUT2D eigenvalue weighted by Crippen LogP contribution is 2.31. The van der Waals surface area contributed by atoms with E-state index in [2.05, 4.69) is 4.72 Å². The third-order valence-electron chi connectivity index (χ3n) is 4.34. The number of benzene rings is 2. The highest BCUT2D eigenvalue weighted by atomic mass is 32.2. The van der Waals surface area contributed by atoms with Crippen molar-refractivity contribution in [1.29, 1.82) is 0 Å². The van der Waals surface area contributed by atoms with Crippen LogP contribution in [0, 0.1) is 23.3 Å². The number of fused-ring (bicyclic) bond motifs is 1. The van der Waals surface area contributed by atoms with Crippen molar-refractivity contribution in [3.05, 3.63) is 47.5 Å². The van der Waals surface area contributed by atoms with Crippen molar-refractivity contribution in [2.75, 3.05) is 25.2 Å². The molecule has 1 aliphatic rings. The summed E-state index contributed by atoms with van der Waals surface area (Å²) in [5.41, 5.74) is 2.49. The maximum atomic E-state index is 13.5. The topological polar surface area (TPSA) is 106 Å². The summed E-state index contributed by atoms with van der Waals surface area (Å²) in [5, 5.41) is 0.